The van der Waals surface area contributed by atoms with E-state index < -0.39 is 12.1 Å². The molecule has 0 bridgehead atoms. The van der Waals surface area contributed by atoms with Gasteiger partial charge in [-0.05, 0) is 54.0 Å². The van der Waals surface area contributed by atoms with E-state index in [9.17, 15) is 14.7 Å². The number of hydrogen-bond donors (Lipinski definition) is 2. The van der Waals surface area contributed by atoms with E-state index in [2.05, 4.69) is 4.98 Å². The van der Waals surface area contributed by atoms with Gasteiger partial charge in [-0.3, -0.25) is 4.79 Å². The van der Waals surface area contributed by atoms with Crippen molar-refractivity contribution in [3.63, 3.8) is 0 Å². The number of aryl methyl sites for hydroxylation is 1. The van der Waals surface area contributed by atoms with Crippen molar-refractivity contribution in [3.8, 4) is 0 Å². The summed E-state index contributed by atoms with van der Waals surface area (Å²) in [5.41, 5.74) is 2.35. The molecule has 1 atom stereocenters. The highest BCUT2D eigenvalue weighted by Crippen LogP contribution is 2.24. The molecule has 0 unspecified atom stereocenters. The molecule has 23 heavy (non-hydrogen) atoms. The zero-order chi connectivity index (χ0) is 17.9. The number of rotatable bonds is 6. The number of carbonyl (C=O) groups excluding carboxylic acids is 2. The lowest BCUT2D eigenvalue weighted by atomic mass is 10.1. The molecule has 0 aliphatic heterocycles. The second-order valence-electron chi connectivity index (χ2n) is 6.40. The molecule has 0 aromatic carbocycles. The van der Waals surface area contributed by atoms with Crippen molar-refractivity contribution in [2.24, 2.45) is 0 Å². The summed E-state index contributed by atoms with van der Waals surface area (Å²) in [5.74, 6) is -0.807. The van der Waals surface area contributed by atoms with Crippen molar-refractivity contribution in [1.29, 1.82) is 0 Å². The number of nitrogens with one attached hydrogen (secondary N) is 1. The molecule has 130 valence electrons. The van der Waals surface area contributed by atoms with Crippen molar-refractivity contribution in [3.05, 3.63) is 22.5 Å². The minimum atomic E-state index is -0.674. The SMILES string of the molecule is Cc1[nH]c(C(=O)OCC(=O)N(C(C)C)C(C)C)c(C)c1[C@H](C)O. The topological polar surface area (TPSA) is 82.6 Å². The van der Waals surface area contributed by atoms with Gasteiger partial charge in [-0.15, -0.1) is 0 Å². The first-order valence-corrected chi connectivity index (χ1v) is 7.93. The number of nitrogens with zero attached hydrogens (tertiary/aromatic N) is 1. The van der Waals surface area contributed by atoms with Gasteiger partial charge in [-0.2, -0.15) is 0 Å². The smallest absolute Gasteiger partial charge is 0.355 e. The first-order chi connectivity index (χ1) is 10.6. The third-order valence-electron chi connectivity index (χ3n) is 3.84. The van der Waals surface area contributed by atoms with Crippen LogP contribution in [-0.4, -0.2) is 45.6 Å². The van der Waals surface area contributed by atoms with Crippen molar-refractivity contribution < 1.29 is 19.4 Å². The Morgan fingerprint density at radius 2 is 1.65 bits per heavy atom. The van der Waals surface area contributed by atoms with Crippen LogP contribution in [0.1, 0.15) is 68.0 Å². The molecule has 2 N–H and O–H groups in total. The Kier molecular flexibility index (Phi) is 6.38. The Balaban J connectivity index is 2.82. The molecule has 0 fully saturated rings. The molecule has 1 amide bonds. The maximum Gasteiger partial charge on any atom is 0.355 e. The molecule has 1 heterocycles. The van der Waals surface area contributed by atoms with Crippen LogP contribution in [0.3, 0.4) is 0 Å². The summed E-state index contributed by atoms with van der Waals surface area (Å²) in [5, 5.41) is 9.76. The molecule has 0 aliphatic carbocycles. The number of aliphatic hydroxyl groups is 1. The first kappa shape index (κ1) is 19.2. The summed E-state index contributed by atoms with van der Waals surface area (Å²) in [6, 6.07) is 0.0787. The van der Waals surface area contributed by atoms with Crippen LogP contribution in [0.5, 0.6) is 0 Å². The predicted molar refractivity (Wildman–Crippen MR) is 88.3 cm³/mol. The van der Waals surface area contributed by atoms with E-state index in [0.29, 0.717) is 11.1 Å². The van der Waals surface area contributed by atoms with Crippen molar-refractivity contribution >= 4 is 11.9 Å². The van der Waals surface area contributed by atoms with Crippen LogP contribution < -0.4 is 0 Å². The van der Waals surface area contributed by atoms with Crippen molar-refractivity contribution in [2.75, 3.05) is 6.61 Å². The largest absolute Gasteiger partial charge is 0.451 e. The fourth-order valence-corrected chi connectivity index (χ4v) is 3.04. The number of carbonyl (C=O) groups is 2. The molecule has 0 saturated heterocycles. The van der Waals surface area contributed by atoms with Gasteiger partial charge < -0.3 is 19.7 Å². The number of ether oxygens (including phenoxy) is 1. The van der Waals surface area contributed by atoms with Crippen LogP contribution in [0.2, 0.25) is 0 Å². The number of esters is 1. The highest BCUT2D eigenvalue weighted by Gasteiger charge is 2.24. The average Bonchev–Trinajstić information content (AvgIpc) is 2.70. The Morgan fingerprint density at radius 3 is 2.04 bits per heavy atom. The highest BCUT2D eigenvalue weighted by atomic mass is 16.5. The molecule has 1 aromatic heterocycles. The van der Waals surface area contributed by atoms with E-state index >= 15 is 0 Å². The normalized spacial score (nSPS) is 12.6. The number of aromatic amines is 1. The van der Waals surface area contributed by atoms with E-state index in [-0.39, 0.29) is 30.3 Å². The quantitative estimate of drug-likeness (QED) is 0.788. The molecule has 0 spiro atoms. The van der Waals surface area contributed by atoms with Crippen molar-refractivity contribution in [2.45, 2.75) is 66.7 Å². The molecule has 0 aliphatic rings. The van der Waals surface area contributed by atoms with Gasteiger partial charge in [-0.25, -0.2) is 4.79 Å². The minimum absolute atomic E-state index is 0.0394. The Hall–Kier alpha value is -1.82. The number of aromatic nitrogens is 1. The summed E-state index contributed by atoms with van der Waals surface area (Å²) >= 11 is 0. The van der Waals surface area contributed by atoms with Crippen LogP contribution in [0.15, 0.2) is 0 Å². The van der Waals surface area contributed by atoms with E-state index in [1.165, 1.54) is 0 Å². The summed E-state index contributed by atoms with van der Waals surface area (Å²) in [7, 11) is 0. The lowest BCUT2D eigenvalue weighted by Crippen LogP contribution is -2.44. The first-order valence-electron chi connectivity index (χ1n) is 7.93. The van der Waals surface area contributed by atoms with Crippen LogP contribution in [0, 0.1) is 13.8 Å². The monoisotopic (exact) mass is 324 g/mol. The third kappa shape index (κ3) is 4.34. The molecular formula is C17H28N2O4. The Bertz CT molecular complexity index is 565. The highest BCUT2D eigenvalue weighted by molar-refractivity contribution is 5.91. The maximum absolute atomic E-state index is 12.2. The standard InChI is InChI=1S/C17H28N2O4/c1-9(2)19(10(3)4)14(21)8-23-17(22)16-11(5)15(13(7)20)12(6)18-16/h9-10,13,18,20H,8H2,1-7H3/t13-/m0/s1. The van der Waals surface area contributed by atoms with Gasteiger partial charge in [0.1, 0.15) is 5.69 Å². The number of aliphatic hydroxyl groups excluding tert-OH is 1. The second kappa shape index (κ2) is 7.64. The van der Waals surface area contributed by atoms with Gasteiger partial charge in [0.15, 0.2) is 6.61 Å². The van der Waals surface area contributed by atoms with E-state index in [1.54, 1.807) is 25.7 Å². The van der Waals surface area contributed by atoms with E-state index in [0.717, 1.165) is 5.69 Å². The van der Waals surface area contributed by atoms with Gasteiger partial charge >= 0.3 is 5.97 Å². The van der Waals surface area contributed by atoms with Crippen molar-refractivity contribution in [1.82, 2.24) is 9.88 Å². The Morgan fingerprint density at radius 1 is 1.13 bits per heavy atom. The average molecular weight is 324 g/mol. The summed E-state index contributed by atoms with van der Waals surface area (Å²) in [6.07, 6.45) is -0.674. The van der Waals surface area contributed by atoms with Gasteiger partial charge in [-0.1, -0.05) is 0 Å². The summed E-state index contributed by atoms with van der Waals surface area (Å²) in [6.45, 7) is 12.6. The molecule has 1 rings (SSSR count). The number of amides is 1. The third-order valence-corrected chi connectivity index (χ3v) is 3.84. The summed E-state index contributed by atoms with van der Waals surface area (Å²) < 4.78 is 5.16. The molecule has 6 nitrogen and oxygen atoms in total. The Labute approximate surface area is 137 Å². The maximum atomic E-state index is 12.2. The molecule has 0 radical (unpaired) electrons. The molecular weight excluding hydrogens is 296 g/mol. The predicted octanol–water partition coefficient (Wildman–Crippen LogP) is 2.49. The van der Waals surface area contributed by atoms with Gasteiger partial charge in [0.2, 0.25) is 0 Å². The minimum Gasteiger partial charge on any atom is -0.451 e. The van der Waals surface area contributed by atoms with Crippen LogP contribution in [0.25, 0.3) is 0 Å². The van der Waals surface area contributed by atoms with E-state index in [1.807, 2.05) is 27.7 Å². The van der Waals surface area contributed by atoms with Crippen LogP contribution >= 0.6 is 0 Å². The summed E-state index contributed by atoms with van der Waals surface area (Å²) in [4.78, 5) is 29.1. The van der Waals surface area contributed by atoms with Crippen LogP contribution in [0.4, 0.5) is 0 Å². The fourth-order valence-electron chi connectivity index (χ4n) is 3.04. The van der Waals surface area contributed by atoms with E-state index in [4.69, 9.17) is 4.74 Å². The number of H-pyrrole nitrogens is 1. The zero-order valence-electron chi connectivity index (χ0n) is 15.1. The van der Waals surface area contributed by atoms with Gasteiger partial charge in [0.25, 0.3) is 5.91 Å². The molecule has 0 saturated carbocycles. The second-order valence-corrected chi connectivity index (χ2v) is 6.40. The van der Waals surface area contributed by atoms with Crippen LogP contribution in [-0.2, 0) is 9.53 Å². The molecule has 6 heteroatoms. The lowest BCUT2D eigenvalue weighted by Gasteiger charge is -2.30. The molecule has 1 aromatic rings. The zero-order valence-corrected chi connectivity index (χ0v) is 15.1. The lowest BCUT2D eigenvalue weighted by molar-refractivity contribution is -0.138. The van der Waals surface area contributed by atoms with Gasteiger partial charge in [0, 0.05) is 23.3 Å². The fraction of sp³-hybridized carbons (Fsp3) is 0.647. The number of hydrogen-bond acceptors (Lipinski definition) is 4. The van der Waals surface area contributed by atoms with Gasteiger partial charge in [0.05, 0.1) is 6.10 Å².